The van der Waals surface area contributed by atoms with Gasteiger partial charge >= 0.3 is 0 Å². The molecule has 126 valence electrons. The zero-order valence-electron chi connectivity index (χ0n) is 15.4. The minimum atomic E-state index is -0.0505. The molecule has 22 heavy (non-hydrogen) atoms. The molecule has 0 heterocycles. The lowest BCUT2D eigenvalue weighted by molar-refractivity contribution is 0.383. The van der Waals surface area contributed by atoms with Crippen molar-refractivity contribution in [2.45, 2.75) is 90.9 Å². The molecule has 0 aromatic heterocycles. The summed E-state index contributed by atoms with van der Waals surface area (Å²) in [5.41, 5.74) is 8.83. The highest BCUT2D eigenvalue weighted by atomic mass is 16.3. The second-order valence-corrected chi connectivity index (χ2v) is 7.94. The molecule has 1 rings (SSSR count). The van der Waals surface area contributed by atoms with Gasteiger partial charge in [0.2, 0.25) is 0 Å². The summed E-state index contributed by atoms with van der Waals surface area (Å²) in [5, 5.41) is 10.9. The summed E-state index contributed by atoms with van der Waals surface area (Å²) in [5.74, 6) is 0.455. The molecule has 0 aliphatic heterocycles. The standard InChI is InChI=1S/C20H35NO/c1-7-9-11-19(3,4)16-13-15(21)14-17(18(16)22)20(5,6)12-10-8-2/h13-14,22H,7-12,21H2,1-6H3. The lowest BCUT2D eigenvalue weighted by Crippen LogP contribution is -2.22. The molecule has 3 N–H and O–H groups in total. The SMILES string of the molecule is CCCCC(C)(C)c1cc(N)cc(C(C)(C)CCCC)c1O. The number of hydrogen-bond acceptors (Lipinski definition) is 2. The highest BCUT2D eigenvalue weighted by molar-refractivity contribution is 5.57. The first kappa shape index (κ1) is 18.9. The summed E-state index contributed by atoms with van der Waals surface area (Å²) in [6, 6.07) is 3.93. The van der Waals surface area contributed by atoms with E-state index in [-0.39, 0.29) is 10.8 Å². The first-order chi connectivity index (χ1) is 10.2. The predicted octanol–water partition coefficient (Wildman–Crippen LogP) is 5.91. The molecule has 2 nitrogen and oxygen atoms in total. The molecule has 0 atom stereocenters. The number of hydrogen-bond donors (Lipinski definition) is 2. The van der Waals surface area contributed by atoms with Crippen LogP contribution in [0.4, 0.5) is 5.69 Å². The molecule has 0 bridgehead atoms. The van der Waals surface area contributed by atoms with Crippen molar-refractivity contribution < 1.29 is 5.11 Å². The summed E-state index contributed by atoms with van der Waals surface area (Å²) in [7, 11) is 0. The average Bonchev–Trinajstić information content (AvgIpc) is 2.44. The van der Waals surface area contributed by atoms with E-state index in [1.807, 2.05) is 12.1 Å². The molecule has 0 aliphatic carbocycles. The Morgan fingerprint density at radius 3 is 1.55 bits per heavy atom. The molecule has 0 spiro atoms. The summed E-state index contributed by atoms with van der Waals surface area (Å²) in [6.45, 7) is 13.2. The summed E-state index contributed by atoms with van der Waals surface area (Å²) in [4.78, 5) is 0. The zero-order chi connectivity index (χ0) is 17.0. The van der Waals surface area contributed by atoms with E-state index in [9.17, 15) is 5.11 Å². The van der Waals surface area contributed by atoms with Gasteiger partial charge in [0.15, 0.2) is 0 Å². The minimum Gasteiger partial charge on any atom is -0.507 e. The van der Waals surface area contributed by atoms with E-state index in [0.717, 1.165) is 42.5 Å². The zero-order valence-corrected chi connectivity index (χ0v) is 15.4. The van der Waals surface area contributed by atoms with Crippen molar-refractivity contribution in [2.24, 2.45) is 0 Å². The number of nitrogen functional groups attached to an aromatic ring is 1. The van der Waals surface area contributed by atoms with Gasteiger partial charge in [0.05, 0.1) is 0 Å². The molecule has 0 saturated heterocycles. The van der Waals surface area contributed by atoms with Gasteiger partial charge in [-0.1, -0.05) is 67.2 Å². The predicted molar refractivity (Wildman–Crippen MR) is 97.6 cm³/mol. The Morgan fingerprint density at radius 2 is 1.23 bits per heavy atom. The molecule has 0 radical (unpaired) electrons. The molecule has 2 heteroatoms. The third-order valence-corrected chi connectivity index (χ3v) is 4.90. The Hall–Kier alpha value is -1.18. The Kier molecular flexibility index (Phi) is 6.34. The van der Waals surface area contributed by atoms with Crippen LogP contribution < -0.4 is 5.73 Å². The largest absolute Gasteiger partial charge is 0.507 e. The number of phenolic OH excluding ortho intramolecular Hbond substituents is 1. The monoisotopic (exact) mass is 305 g/mol. The Labute approximate surface area is 137 Å². The van der Waals surface area contributed by atoms with Crippen LogP contribution in [0.5, 0.6) is 5.75 Å². The first-order valence-corrected chi connectivity index (χ1v) is 8.79. The lowest BCUT2D eigenvalue weighted by Gasteiger charge is -2.32. The number of aromatic hydroxyl groups is 1. The molecule has 0 fully saturated rings. The van der Waals surface area contributed by atoms with Gasteiger partial charge in [-0.15, -0.1) is 0 Å². The summed E-state index contributed by atoms with van der Waals surface area (Å²) >= 11 is 0. The topological polar surface area (TPSA) is 46.2 Å². The summed E-state index contributed by atoms with van der Waals surface area (Å²) in [6.07, 6.45) is 6.79. The van der Waals surface area contributed by atoms with Crippen LogP contribution in [0.1, 0.15) is 91.2 Å². The van der Waals surface area contributed by atoms with Crippen molar-refractivity contribution in [2.75, 3.05) is 5.73 Å². The quantitative estimate of drug-likeness (QED) is 0.463. The van der Waals surface area contributed by atoms with Gasteiger partial charge in [0.25, 0.3) is 0 Å². The third kappa shape index (κ3) is 4.41. The van der Waals surface area contributed by atoms with Crippen LogP contribution in [0.3, 0.4) is 0 Å². The van der Waals surface area contributed by atoms with Gasteiger partial charge in [-0.3, -0.25) is 0 Å². The smallest absolute Gasteiger partial charge is 0.123 e. The lowest BCUT2D eigenvalue weighted by atomic mass is 9.74. The fourth-order valence-corrected chi connectivity index (χ4v) is 3.20. The van der Waals surface area contributed by atoms with E-state index in [0.29, 0.717) is 5.75 Å². The van der Waals surface area contributed by atoms with Crippen molar-refractivity contribution in [1.82, 2.24) is 0 Å². The van der Waals surface area contributed by atoms with Crippen LogP contribution in [0.2, 0.25) is 0 Å². The highest BCUT2D eigenvalue weighted by Gasteiger charge is 2.30. The van der Waals surface area contributed by atoms with Crippen LogP contribution in [0.15, 0.2) is 12.1 Å². The van der Waals surface area contributed by atoms with Crippen molar-refractivity contribution in [3.63, 3.8) is 0 Å². The van der Waals surface area contributed by atoms with Crippen LogP contribution in [0.25, 0.3) is 0 Å². The van der Waals surface area contributed by atoms with E-state index >= 15 is 0 Å². The fourth-order valence-electron chi connectivity index (χ4n) is 3.20. The van der Waals surface area contributed by atoms with Crippen molar-refractivity contribution >= 4 is 5.69 Å². The molecule has 1 aromatic rings. The average molecular weight is 306 g/mol. The Balaban J connectivity index is 3.28. The van der Waals surface area contributed by atoms with Crippen LogP contribution in [0, 0.1) is 0 Å². The van der Waals surface area contributed by atoms with Gasteiger partial charge in [-0.2, -0.15) is 0 Å². The molecule has 0 amide bonds. The summed E-state index contributed by atoms with van der Waals surface area (Å²) < 4.78 is 0. The van der Waals surface area contributed by atoms with E-state index < -0.39 is 0 Å². The van der Waals surface area contributed by atoms with Gasteiger partial charge in [0, 0.05) is 16.8 Å². The Bertz CT molecular complexity index is 447. The second kappa shape index (κ2) is 7.39. The normalized spacial score (nSPS) is 12.6. The molecule has 0 unspecified atom stereocenters. The maximum absolute atomic E-state index is 10.9. The van der Waals surface area contributed by atoms with Crippen molar-refractivity contribution in [1.29, 1.82) is 0 Å². The number of phenols is 1. The van der Waals surface area contributed by atoms with E-state index in [4.69, 9.17) is 5.73 Å². The van der Waals surface area contributed by atoms with Crippen molar-refractivity contribution in [3.05, 3.63) is 23.3 Å². The highest BCUT2D eigenvalue weighted by Crippen LogP contribution is 2.44. The molecule has 0 aliphatic rings. The number of benzene rings is 1. The van der Waals surface area contributed by atoms with Crippen LogP contribution >= 0.6 is 0 Å². The fraction of sp³-hybridized carbons (Fsp3) is 0.700. The number of nitrogens with two attached hydrogens (primary N) is 1. The number of anilines is 1. The van der Waals surface area contributed by atoms with E-state index in [2.05, 4.69) is 41.5 Å². The third-order valence-electron chi connectivity index (χ3n) is 4.90. The van der Waals surface area contributed by atoms with Crippen LogP contribution in [-0.2, 0) is 10.8 Å². The van der Waals surface area contributed by atoms with Crippen molar-refractivity contribution in [3.8, 4) is 5.75 Å². The number of rotatable bonds is 8. The maximum atomic E-state index is 10.9. The number of unbranched alkanes of at least 4 members (excludes halogenated alkanes) is 2. The molecule has 0 saturated carbocycles. The molecular weight excluding hydrogens is 270 g/mol. The molecular formula is C20H35NO. The second-order valence-electron chi connectivity index (χ2n) is 7.94. The maximum Gasteiger partial charge on any atom is 0.123 e. The van der Waals surface area contributed by atoms with Gasteiger partial charge in [-0.05, 0) is 35.8 Å². The first-order valence-electron chi connectivity index (χ1n) is 8.79. The van der Waals surface area contributed by atoms with E-state index in [1.165, 1.54) is 12.8 Å². The Morgan fingerprint density at radius 1 is 0.864 bits per heavy atom. The van der Waals surface area contributed by atoms with Gasteiger partial charge in [-0.25, -0.2) is 0 Å². The van der Waals surface area contributed by atoms with Gasteiger partial charge < -0.3 is 10.8 Å². The van der Waals surface area contributed by atoms with Crippen LogP contribution in [-0.4, -0.2) is 5.11 Å². The minimum absolute atomic E-state index is 0.0505. The van der Waals surface area contributed by atoms with E-state index in [1.54, 1.807) is 0 Å². The molecule has 1 aromatic carbocycles. The van der Waals surface area contributed by atoms with Gasteiger partial charge in [0.1, 0.15) is 5.75 Å².